The van der Waals surface area contributed by atoms with Gasteiger partial charge in [-0.3, -0.25) is 9.59 Å². The summed E-state index contributed by atoms with van der Waals surface area (Å²) in [6.07, 6.45) is 1.71. The summed E-state index contributed by atoms with van der Waals surface area (Å²) in [5.41, 5.74) is 0.00814. The van der Waals surface area contributed by atoms with Crippen molar-refractivity contribution in [2.24, 2.45) is 0 Å². The molecular weight excluding hydrogens is 200 g/mol. The van der Waals surface area contributed by atoms with Crippen molar-refractivity contribution in [3.8, 4) is 0 Å². The van der Waals surface area contributed by atoms with Crippen LogP contribution in [-0.2, 0) is 17.6 Å². The van der Waals surface area contributed by atoms with Gasteiger partial charge < -0.3 is 15.2 Å². The number of carbonyl (C=O) groups is 1. The largest absolute Gasteiger partial charge is 0.481 e. The van der Waals surface area contributed by atoms with Crippen LogP contribution in [0.15, 0.2) is 11.0 Å². The Hall–Kier alpha value is -1.69. The molecule has 0 saturated heterocycles. The first kappa shape index (κ1) is 11.4. The molecule has 0 aliphatic rings. The molecule has 0 unspecified atom stereocenters. The Kier molecular flexibility index (Phi) is 3.99. The highest BCUT2D eigenvalue weighted by Gasteiger charge is 2.04. The van der Waals surface area contributed by atoms with E-state index in [1.165, 1.54) is 6.20 Å². The van der Waals surface area contributed by atoms with E-state index in [0.717, 1.165) is 0 Å². The van der Waals surface area contributed by atoms with Gasteiger partial charge in [0.25, 0.3) is 5.56 Å². The highest BCUT2D eigenvalue weighted by Crippen LogP contribution is 1.95. The third kappa shape index (κ3) is 3.51. The zero-order valence-electron chi connectivity index (χ0n) is 8.06. The predicted molar refractivity (Wildman–Crippen MR) is 51.6 cm³/mol. The van der Waals surface area contributed by atoms with Crippen molar-refractivity contribution in [3.63, 3.8) is 0 Å². The van der Waals surface area contributed by atoms with E-state index in [9.17, 15) is 9.59 Å². The lowest BCUT2D eigenvalue weighted by Crippen LogP contribution is -2.17. The summed E-state index contributed by atoms with van der Waals surface area (Å²) < 4.78 is 0. The van der Waals surface area contributed by atoms with Gasteiger partial charge in [-0.2, -0.15) is 0 Å². The molecule has 3 N–H and O–H groups in total. The average Bonchev–Trinajstić information content (AvgIpc) is 2.17. The van der Waals surface area contributed by atoms with Crippen LogP contribution >= 0.6 is 0 Å². The van der Waals surface area contributed by atoms with Gasteiger partial charge in [-0.15, -0.1) is 0 Å². The molecule has 0 fully saturated rings. The lowest BCUT2D eigenvalue weighted by molar-refractivity contribution is -0.136. The molecule has 0 radical (unpaired) electrons. The second-order valence-corrected chi connectivity index (χ2v) is 3.05. The van der Waals surface area contributed by atoms with Crippen LogP contribution in [0.4, 0.5) is 0 Å². The van der Waals surface area contributed by atoms with Gasteiger partial charge in [-0.25, -0.2) is 4.98 Å². The van der Waals surface area contributed by atoms with Crippen molar-refractivity contribution in [2.75, 3.05) is 6.61 Å². The summed E-state index contributed by atoms with van der Waals surface area (Å²) >= 11 is 0. The number of aromatic nitrogens is 2. The fourth-order valence-electron chi connectivity index (χ4n) is 1.11. The number of carboxylic acid groups (broad SMARTS) is 1. The molecule has 0 saturated carbocycles. The predicted octanol–water partition coefficient (Wildman–Crippen LogP) is -0.678. The molecule has 82 valence electrons. The second-order valence-electron chi connectivity index (χ2n) is 3.05. The summed E-state index contributed by atoms with van der Waals surface area (Å²) in [5, 5.41) is 17.1. The van der Waals surface area contributed by atoms with E-state index >= 15 is 0 Å². The fraction of sp³-hybridized carbons (Fsp3) is 0.444. The maximum atomic E-state index is 11.4. The Balaban J connectivity index is 2.75. The molecule has 0 bridgehead atoms. The van der Waals surface area contributed by atoms with Crippen molar-refractivity contribution in [2.45, 2.75) is 19.3 Å². The summed E-state index contributed by atoms with van der Waals surface area (Å²) in [6, 6.07) is 0. The zero-order valence-corrected chi connectivity index (χ0v) is 8.06. The molecule has 6 nitrogen and oxygen atoms in total. The number of aliphatic hydroxyl groups is 1. The minimum Gasteiger partial charge on any atom is -0.481 e. The van der Waals surface area contributed by atoms with Crippen LogP contribution < -0.4 is 5.56 Å². The first-order valence-electron chi connectivity index (χ1n) is 4.53. The van der Waals surface area contributed by atoms with Gasteiger partial charge in [0.05, 0.1) is 6.61 Å². The molecule has 1 heterocycles. The van der Waals surface area contributed by atoms with E-state index in [2.05, 4.69) is 9.97 Å². The van der Waals surface area contributed by atoms with Crippen LogP contribution in [0, 0.1) is 0 Å². The Morgan fingerprint density at radius 3 is 2.73 bits per heavy atom. The number of hydrogen-bond acceptors (Lipinski definition) is 4. The minimum atomic E-state index is -0.950. The molecule has 6 heteroatoms. The molecule has 15 heavy (non-hydrogen) atoms. The van der Waals surface area contributed by atoms with E-state index in [4.69, 9.17) is 10.2 Å². The number of nitrogens with one attached hydrogen (secondary N) is 1. The number of aliphatic carboxylic acids is 1. The van der Waals surface area contributed by atoms with Gasteiger partial charge in [-0.05, 0) is 6.42 Å². The van der Waals surface area contributed by atoms with Crippen LogP contribution in [0.2, 0.25) is 0 Å². The lowest BCUT2D eigenvalue weighted by atomic mass is 10.2. The molecule has 0 aliphatic carbocycles. The molecule has 0 atom stereocenters. The zero-order chi connectivity index (χ0) is 11.3. The third-order valence-corrected chi connectivity index (χ3v) is 1.88. The molecule has 0 spiro atoms. The third-order valence-electron chi connectivity index (χ3n) is 1.88. The molecule has 0 amide bonds. The van der Waals surface area contributed by atoms with Crippen LogP contribution in [-0.4, -0.2) is 32.8 Å². The number of aromatic amines is 1. The number of nitrogens with zero attached hydrogens (tertiary/aromatic N) is 1. The van der Waals surface area contributed by atoms with Crippen molar-refractivity contribution < 1.29 is 15.0 Å². The summed E-state index contributed by atoms with van der Waals surface area (Å²) in [5.74, 6) is -0.546. The average molecular weight is 212 g/mol. The summed E-state index contributed by atoms with van der Waals surface area (Å²) in [7, 11) is 0. The number of carboxylic acids is 1. The topological polar surface area (TPSA) is 103 Å². The summed E-state index contributed by atoms with van der Waals surface area (Å²) in [4.78, 5) is 28.0. The monoisotopic (exact) mass is 212 g/mol. The molecule has 1 aromatic rings. The number of hydrogen-bond donors (Lipinski definition) is 3. The maximum Gasteiger partial charge on any atom is 0.303 e. The van der Waals surface area contributed by atoms with E-state index in [0.29, 0.717) is 11.4 Å². The van der Waals surface area contributed by atoms with Gasteiger partial charge in [-0.1, -0.05) is 0 Å². The quantitative estimate of drug-likeness (QED) is 0.600. The first-order valence-corrected chi connectivity index (χ1v) is 4.53. The smallest absolute Gasteiger partial charge is 0.303 e. The van der Waals surface area contributed by atoms with Crippen molar-refractivity contribution in [3.05, 3.63) is 27.9 Å². The highest BCUT2D eigenvalue weighted by atomic mass is 16.4. The molecule has 0 aromatic carbocycles. The van der Waals surface area contributed by atoms with Crippen molar-refractivity contribution in [1.82, 2.24) is 9.97 Å². The minimum absolute atomic E-state index is 0.0859. The highest BCUT2D eigenvalue weighted by molar-refractivity contribution is 5.67. The van der Waals surface area contributed by atoms with Gasteiger partial charge in [0.1, 0.15) is 5.82 Å². The Morgan fingerprint density at radius 2 is 2.20 bits per heavy atom. The van der Waals surface area contributed by atoms with Gasteiger partial charge in [0.15, 0.2) is 0 Å². The van der Waals surface area contributed by atoms with E-state index in [1.54, 1.807) is 0 Å². The van der Waals surface area contributed by atoms with Gasteiger partial charge in [0, 0.05) is 24.6 Å². The molecule has 0 aliphatic heterocycles. The van der Waals surface area contributed by atoms with Gasteiger partial charge >= 0.3 is 5.97 Å². The second kappa shape index (κ2) is 5.26. The van der Waals surface area contributed by atoms with Crippen molar-refractivity contribution >= 4 is 5.97 Å². The molecule has 1 rings (SSSR count). The number of aryl methyl sites for hydroxylation is 1. The standard InChI is InChI=1S/C9H12N2O4/c12-4-3-7-10-5-6(9(15)11-7)1-2-8(13)14/h5,12H,1-4H2,(H,13,14)(H,10,11,15). The summed E-state index contributed by atoms with van der Waals surface area (Å²) in [6.45, 7) is -0.0859. The number of H-pyrrole nitrogens is 1. The molecule has 1 aromatic heterocycles. The van der Waals surface area contributed by atoms with Crippen LogP contribution in [0.25, 0.3) is 0 Å². The Morgan fingerprint density at radius 1 is 1.47 bits per heavy atom. The molecular formula is C9H12N2O4. The van der Waals surface area contributed by atoms with E-state index in [-0.39, 0.29) is 31.4 Å². The Bertz CT molecular complexity index is 399. The lowest BCUT2D eigenvalue weighted by Gasteiger charge is -2.00. The van der Waals surface area contributed by atoms with Crippen molar-refractivity contribution in [1.29, 1.82) is 0 Å². The van der Waals surface area contributed by atoms with Crippen LogP contribution in [0.5, 0.6) is 0 Å². The maximum absolute atomic E-state index is 11.4. The SMILES string of the molecule is O=C(O)CCc1cnc(CCO)[nH]c1=O. The fourth-order valence-corrected chi connectivity index (χ4v) is 1.11. The van der Waals surface area contributed by atoms with E-state index < -0.39 is 5.97 Å². The van der Waals surface area contributed by atoms with Crippen LogP contribution in [0.1, 0.15) is 17.8 Å². The normalized spacial score (nSPS) is 10.2. The number of aliphatic hydroxyl groups excluding tert-OH is 1. The van der Waals surface area contributed by atoms with Gasteiger partial charge in [0.2, 0.25) is 0 Å². The first-order chi connectivity index (χ1) is 7.13. The number of rotatable bonds is 5. The van der Waals surface area contributed by atoms with Crippen LogP contribution in [0.3, 0.4) is 0 Å². The Labute approximate surface area is 85.6 Å². The van der Waals surface area contributed by atoms with E-state index in [1.807, 2.05) is 0 Å².